The first-order chi connectivity index (χ1) is 14.7. The van der Waals surface area contributed by atoms with E-state index in [1.807, 2.05) is 23.1 Å². The third-order valence-electron chi connectivity index (χ3n) is 6.42. The normalized spacial score (nSPS) is 26.4. The van der Waals surface area contributed by atoms with E-state index in [2.05, 4.69) is 49.5 Å². The van der Waals surface area contributed by atoms with Gasteiger partial charge in [-0.25, -0.2) is 4.98 Å². The SMILES string of the molecule is O[C@@H]1C[C@H]2CN(Cc3cccc(Cn4cccn4)c3)C[C@H]2C[C@H]1Nc1cnccn1. The van der Waals surface area contributed by atoms with E-state index in [0.717, 1.165) is 44.8 Å². The smallest absolute Gasteiger partial charge is 0.144 e. The molecule has 7 heteroatoms. The summed E-state index contributed by atoms with van der Waals surface area (Å²) in [6.45, 7) is 3.90. The highest BCUT2D eigenvalue weighted by atomic mass is 16.3. The van der Waals surface area contributed by atoms with Gasteiger partial charge in [0.05, 0.1) is 24.9 Å². The Morgan fingerprint density at radius 3 is 2.60 bits per heavy atom. The molecular weight excluding hydrogens is 376 g/mol. The van der Waals surface area contributed by atoms with Crippen LogP contribution < -0.4 is 5.32 Å². The Morgan fingerprint density at radius 2 is 1.83 bits per heavy atom. The van der Waals surface area contributed by atoms with Crippen molar-refractivity contribution in [2.45, 2.75) is 38.1 Å². The number of rotatable bonds is 6. The zero-order valence-corrected chi connectivity index (χ0v) is 17.0. The highest BCUT2D eigenvalue weighted by molar-refractivity contribution is 5.32. The van der Waals surface area contributed by atoms with Gasteiger partial charge in [-0.1, -0.05) is 24.3 Å². The van der Waals surface area contributed by atoms with E-state index < -0.39 is 0 Å². The topological polar surface area (TPSA) is 79.1 Å². The third kappa shape index (κ3) is 4.37. The van der Waals surface area contributed by atoms with Crippen LogP contribution in [-0.2, 0) is 13.1 Å². The fourth-order valence-corrected chi connectivity index (χ4v) is 5.04. The van der Waals surface area contributed by atoms with Crippen molar-refractivity contribution in [3.05, 3.63) is 72.4 Å². The summed E-state index contributed by atoms with van der Waals surface area (Å²) in [5.41, 5.74) is 2.62. The minimum Gasteiger partial charge on any atom is -0.391 e. The lowest BCUT2D eigenvalue weighted by Crippen LogP contribution is -2.43. The van der Waals surface area contributed by atoms with E-state index in [9.17, 15) is 5.11 Å². The highest BCUT2D eigenvalue weighted by Gasteiger charge is 2.41. The van der Waals surface area contributed by atoms with E-state index in [1.165, 1.54) is 11.1 Å². The van der Waals surface area contributed by atoms with Crippen LogP contribution >= 0.6 is 0 Å². The molecule has 7 nitrogen and oxygen atoms in total. The lowest BCUT2D eigenvalue weighted by Gasteiger charge is -2.35. The van der Waals surface area contributed by atoms with Crippen LogP contribution in [-0.4, -0.2) is 55.0 Å². The molecule has 2 aliphatic rings. The van der Waals surface area contributed by atoms with Gasteiger partial charge in [0.25, 0.3) is 0 Å². The number of aromatic nitrogens is 4. The molecular formula is C23H28N6O. The minimum absolute atomic E-state index is 0.0419. The fraction of sp³-hybridized carbons (Fsp3) is 0.435. The van der Waals surface area contributed by atoms with Crippen molar-refractivity contribution >= 4 is 5.82 Å². The number of hydrogen-bond donors (Lipinski definition) is 2. The Hall–Kier alpha value is -2.77. The predicted molar refractivity (Wildman–Crippen MR) is 115 cm³/mol. The van der Waals surface area contributed by atoms with Gasteiger partial charge in [-0.2, -0.15) is 5.10 Å². The van der Waals surface area contributed by atoms with Crippen LogP contribution in [0.3, 0.4) is 0 Å². The molecule has 2 aromatic heterocycles. The van der Waals surface area contributed by atoms with Crippen LogP contribution in [0.5, 0.6) is 0 Å². The predicted octanol–water partition coefficient (Wildman–Crippen LogP) is 2.40. The number of aliphatic hydroxyl groups excluding tert-OH is 1. The summed E-state index contributed by atoms with van der Waals surface area (Å²) in [4.78, 5) is 10.9. The Labute approximate surface area is 176 Å². The molecule has 4 atom stereocenters. The molecule has 0 bridgehead atoms. The average molecular weight is 405 g/mol. The summed E-state index contributed by atoms with van der Waals surface area (Å²) < 4.78 is 1.95. The molecule has 0 radical (unpaired) electrons. The second kappa shape index (κ2) is 8.53. The molecule has 1 aromatic carbocycles. The number of hydrogen-bond acceptors (Lipinski definition) is 6. The molecule has 156 valence electrons. The van der Waals surface area contributed by atoms with E-state index in [4.69, 9.17) is 0 Å². The van der Waals surface area contributed by atoms with Crippen molar-refractivity contribution < 1.29 is 5.11 Å². The van der Waals surface area contributed by atoms with Gasteiger partial charge in [-0.15, -0.1) is 0 Å². The number of aliphatic hydroxyl groups is 1. The molecule has 2 fully saturated rings. The molecule has 1 aliphatic heterocycles. The van der Waals surface area contributed by atoms with Crippen molar-refractivity contribution in [1.82, 2.24) is 24.6 Å². The number of nitrogens with one attached hydrogen (secondary N) is 1. The van der Waals surface area contributed by atoms with Crippen LogP contribution in [0.4, 0.5) is 5.82 Å². The first-order valence-electron chi connectivity index (χ1n) is 10.7. The van der Waals surface area contributed by atoms with Gasteiger partial charge in [0.2, 0.25) is 0 Å². The van der Waals surface area contributed by atoms with Crippen molar-refractivity contribution in [2.75, 3.05) is 18.4 Å². The number of likely N-dealkylation sites (tertiary alicyclic amines) is 1. The van der Waals surface area contributed by atoms with Crippen LogP contribution in [0.2, 0.25) is 0 Å². The van der Waals surface area contributed by atoms with Gasteiger partial charge in [0, 0.05) is 44.4 Å². The molecule has 0 spiro atoms. The van der Waals surface area contributed by atoms with E-state index >= 15 is 0 Å². The number of nitrogens with zero attached hydrogens (tertiary/aromatic N) is 5. The maximum Gasteiger partial charge on any atom is 0.144 e. The second-order valence-electron chi connectivity index (χ2n) is 8.62. The summed E-state index contributed by atoms with van der Waals surface area (Å²) in [6.07, 6.45) is 10.3. The van der Waals surface area contributed by atoms with Crippen LogP contribution in [0.25, 0.3) is 0 Å². The number of anilines is 1. The van der Waals surface area contributed by atoms with E-state index in [1.54, 1.807) is 18.6 Å². The van der Waals surface area contributed by atoms with Crippen LogP contribution in [0.1, 0.15) is 24.0 Å². The molecule has 0 amide bonds. The van der Waals surface area contributed by atoms with Crippen LogP contribution in [0, 0.1) is 11.8 Å². The standard InChI is InChI=1S/C23H28N6O/c30-22-11-20-16-28(15-19(20)10-21(22)27-23-12-24-6-7-25-23)13-17-3-1-4-18(9-17)14-29-8-2-5-26-29/h1-9,12,19-22,30H,10-11,13-16H2,(H,25,27)/t19-,20+,21-,22-/m1/s1. The molecule has 3 aromatic rings. The van der Waals surface area contributed by atoms with Gasteiger partial charge < -0.3 is 10.4 Å². The zero-order valence-electron chi connectivity index (χ0n) is 17.0. The Balaban J connectivity index is 1.20. The zero-order chi connectivity index (χ0) is 20.3. The van der Waals surface area contributed by atoms with Crippen molar-refractivity contribution in [3.8, 4) is 0 Å². The van der Waals surface area contributed by atoms with Crippen molar-refractivity contribution in [2.24, 2.45) is 11.8 Å². The van der Waals surface area contributed by atoms with Gasteiger partial charge in [-0.3, -0.25) is 14.6 Å². The van der Waals surface area contributed by atoms with Crippen LogP contribution in [0.15, 0.2) is 61.3 Å². The molecule has 1 saturated carbocycles. The summed E-state index contributed by atoms with van der Waals surface area (Å²) in [5.74, 6) is 1.91. The lowest BCUT2D eigenvalue weighted by molar-refractivity contribution is 0.0735. The number of benzene rings is 1. The monoisotopic (exact) mass is 404 g/mol. The molecule has 5 rings (SSSR count). The molecule has 30 heavy (non-hydrogen) atoms. The highest BCUT2D eigenvalue weighted by Crippen LogP contribution is 2.38. The quantitative estimate of drug-likeness (QED) is 0.657. The van der Waals surface area contributed by atoms with Gasteiger partial charge in [0.1, 0.15) is 5.82 Å². The fourth-order valence-electron chi connectivity index (χ4n) is 5.04. The summed E-state index contributed by atoms with van der Waals surface area (Å²) in [7, 11) is 0. The lowest BCUT2D eigenvalue weighted by atomic mass is 9.77. The van der Waals surface area contributed by atoms with Crippen molar-refractivity contribution in [1.29, 1.82) is 0 Å². The Morgan fingerprint density at radius 1 is 1.00 bits per heavy atom. The minimum atomic E-state index is -0.342. The van der Waals surface area contributed by atoms with Crippen molar-refractivity contribution in [3.63, 3.8) is 0 Å². The number of fused-ring (bicyclic) bond motifs is 1. The second-order valence-corrected chi connectivity index (χ2v) is 8.62. The summed E-state index contributed by atoms with van der Waals surface area (Å²) in [6, 6.07) is 10.8. The largest absolute Gasteiger partial charge is 0.391 e. The average Bonchev–Trinajstić information content (AvgIpc) is 3.39. The maximum absolute atomic E-state index is 10.7. The first-order valence-corrected chi connectivity index (χ1v) is 10.7. The molecule has 1 saturated heterocycles. The van der Waals surface area contributed by atoms with Gasteiger partial charge in [-0.05, 0) is 41.9 Å². The molecule has 3 heterocycles. The Bertz CT molecular complexity index is 947. The molecule has 2 N–H and O–H groups in total. The maximum atomic E-state index is 10.7. The first kappa shape index (κ1) is 19.2. The van der Waals surface area contributed by atoms with Gasteiger partial charge in [0.15, 0.2) is 0 Å². The summed E-state index contributed by atoms with van der Waals surface area (Å²) >= 11 is 0. The van der Waals surface area contributed by atoms with E-state index in [-0.39, 0.29) is 12.1 Å². The summed E-state index contributed by atoms with van der Waals surface area (Å²) in [5, 5.41) is 18.4. The van der Waals surface area contributed by atoms with E-state index in [0.29, 0.717) is 11.8 Å². The third-order valence-corrected chi connectivity index (χ3v) is 6.42. The molecule has 1 aliphatic carbocycles. The molecule has 0 unspecified atom stereocenters. The Kier molecular flexibility index (Phi) is 5.46. The van der Waals surface area contributed by atoms with Gasteiger partial charge >= 0.3 is 0 Å².